The zero-order valence-corrected chi connectivity index (χ0v) is 13.9. The van der Waals surface area contributed by atoms with Crippen LogP contribution in [0.2, 0.25) is 0 Å². The second kappa shape index (κ2) is 6.08. The molecule has 26 heavy (non-hydrogen) atoms. The van der Waals surface area contributed by atoms with E-state index in [1.54, 1.807) is 6.20 Å². The molecule has 0 unspecified atom stereocenters. The van der Waals surface area contributed by atoms with Crippen molar-refractivity contribution in [3.05, 3.63) is 84.6 Å². The zero-order chi connectivity index (χ0) is 17.3. The first-order chi connectivity index (χ1) is 12.9. The van der Waals surface area contributed by atoms with E-state index in [9.17, 15) is 0 Å². The van der Waals surface area contributed by atoms with Gasteiger partial charge in [-0.25, -0.2) is 0 Å². The summed E-state index contributed by atoms with van der Waals surface area (Å²) in [6, 6.07) is 23.5. The summed E-state index contributed by atoms with van der Waals surface area (Å²) in [6.07, 6.45) is 1.69. The Bertz CT molecular complexity index is 1090. The Morgan fingerprint density at radius 1 is 0.769 bits per heavy atom. The van der Waals surface area contributed by atoms with Crippen molar-refractivity contribution in [2.24, 2.45) is 0 Å². The molecule has 0 radical (unpaired) electrons. The third-order valence-electron chi connectivity index (χ3n) is 4.29. The molecule has 4 aromatic rings. The lowest BCUT2D eigenvalue weighted by Gasteiger charge is -2.22. The van der Waals surface area contributed by atoms with Crippen molar-refractivity contribution in [1.82, 2.24) is 4.98 Å². The van der Waals surface area contributed by atoms with Gasteiger partial charge in [0.25, 0.3) is 0 Å². The second-order valence-corrected chi connectivity index (χ2v) is 6.06. The van der Waals surface area contributed by atoms with Gasteiger partial charge in [0.05, 0.1) is 11.7 Å². The number of hydrogen-bond donors (Lipinski definition) is 0. The van der Waals surface area contributed by atoms with E-state index in [1.807, 2.05) is 72.8 Å². The van der Waals surface area contributed by atoms with E-state index in [-0.39, 0.29) is 0 Å². The monoisotopic (exact) mass is 341 g/mol. The molecule has 1 aliphatic rings. The fraction of sp³-hybridized carbons (Fsp3) is 0.0455. The van der Waals surface area contributed by atoms with Crippen molar-refractivity contribution < 1.29 is 14.2 Å². The fourth-order valence-electron chi connectivity index (χ4n) is 2.99. The highest BCUT2D eigenvalue weighted by atomic mass is 16.6. The number of rotatable bonds is 3. The SMILES string of the molecule is c1ccc(COc2ccc3c(c2)Oc2c(cnc4ccccc24)O3)cc1. The molecule has 0 saturated carbocycles. The van der Waals surface area contributed by atoms with Crippen molar-refractivity contribution in [3.63, 3.8) is 0 Å². The first-order valence-electron chi connectivity index (χ1n) is 8.41. The van der Waals surface area contributed by atoms with E-state index in [0.29, 0.717) is 29.6 Å². The summed E-state index contributed by atoms with van der Waals surface area (Å²) in [5, 5.41) is 0.922. The molecular formula is C22H15NO3. The minimum Gasteiger partial charge on any atom is -0.489 e. The normalized spacial score (nSPS) is 11.8. The number of nitrogens with zero attached hydrogens (tertiary/aromatic N) is 1. The molecule has 0 N–H and O–H groups in total. The first-order valence-corrected chi connectivity index (χ1v) is 8.41. The number of fused-ring (bicyclic) bond motifs is 4. The molecule has 2 heterocycles. The van der Waals surface area contributed by atoms with Gasteiger partial charge in [0.1, 0.15) is 12.4 Å². The van der Waals surface area contributed by atoms with Gasteiger partial charge in [0.15, 0.2) is 23.0 Å². The van der Waals surface area contributed by atoms with Crippen LogP contribution >= 0.6 is 0 Å². The predicted octanol–water partition coefficient (Wildman–Crippen LogP) is 5.71. The highest BCUT2D eigenvalue weighted by Gasteiger charge is 2.22. The zero-order valence-electron chi connectivity index (χ0n) is 13.9. The molecule has 0 spiro atoms. The molecular weight excluding hydrogens is 326 g/mol. The molecule has 0 saturated heterocycles. The highest BCUT2D eigenvalue weighted by molar-refractivity contribution is 5.88. The van der Waals surface area contributed by atoms with Crippen LogP contribution in [0.1, 0.15) is 5.56 Å². The van der Waals surface area contributed by atoms with Crippen molar-refractivity contribution in [1.29, 1.82) is 0 Å². The summed E-state index contributed by atoms with van der Waals surface area (Å²) in [5.74, 6) is 3.33. The molecule has 0 fully saturated rings. The Balaban J connectivity index is 1.45. The Labute approximate surface area is 150 Å². The van der Waals surface area contributed by atoms with Gasteiger partial charge < -0.3 is 14.2 Å². The van der Waals surface area contributed by atoms with Crippen LogP contribution in [0.3, 0.4) is 0 Å². The summed E-state index contributed by atoms with van der Waals surface area (Å²) in [4.78, 5) is 4.42. The fourth-order valence-corrected chi connectivity index (χ4v) is 2.99. The maximum Gasteiger partial charge on any atom is 0.189 e. The molecule has 0 atom stereocenters. The van der Waals surface area contributed by atoms with Gasteiger partial charge in [-0.2, -0.15) is 0 Å². The molecule has 1 aromatic heterocycles. The van der Waals surface area contributed by atoms with Crippen LogP contribution in [-0.4, -0.2) is 4.98 Å². The molecule has 4 nitrogen and oxygen atoms in total. The summed E-state index contributed by atoms with van der Waals surface area (Å²) >= 11 is 0. The number of benzene rings is 3. The lowest BCUT2D eigenvalue weighted by Crippen LogP contribution is -2.01. The maximum atomic E-state index is 6.14. The maximum absolute atomic E-state index is 6.14. The van der Waals surface area contributed by atoms with Gasteiger partial charge in [-0.15, -0.1) is 0 Å². The Morgan fingerprint density at radius 3 is 2.54 bits per heavy atom. The third kappa shape index (κ3) is 2.62. The van der Waals surface area contributed by atoms with E-state index in [1.165, 1.54) is 0 Å². The molecule has 1 aliphatic heterocycles. The van der Waals surface area contributed by atoms with Gasteiger partial charge in [-0.05, 0) is 29.8 Å². The van der Waals surface area contributed by atoms with Gasteiger partial charge >= 0.3 is 0 Å². The van der Waals surface area contributed by atoms with Gasteiger partial charge in [-0.3, -0.25) is 4.98 Å². The number of aromatic nitrogens is 1. The largest absolute Gasteiger partial charge is 0.489 e. The van der Waals surface area contributed by atoms with Crippen LogP contribution in [0.4, 0.5) is 0 Å². The first kappa shape index (κ1) is 14.8. The number of ether oxygens (including phenoxy) is 3. The molecule has 126 valence electrons. The standard InChI is InChI=1S/C22H15NO3/c1-2-6-15(7-3-1)14-24-16-10-11-19-20(12-16)26-22-17-8-4-5-9-18(17)23-13-21(22)25-19/h1-13H,14H2. The molecule has 5 rings (SSSR count). The Morgan fingerprint density at radius 2 is 1.62 bits per heavy atom. The molecule has 0 amide bonds. The summed E-state index contributed by atoms with van der Waals surface area (Å²) < 4.78 is 18.0. The van der Waals surface area contributed by atoms with E-state index in [0.717, 1.165) is 22.2 Å². The van der Waals surface area contributed by atoms with E-state index < -0.39 is 0 Å². The number of pyridine rings is 1. The van der Waals surface area contributed by atoms with Gasteiger partial charge in [0.2, 0.25) is 0 Å². The summed E-state index contributed by atoms with van der Waals surface area (Å²) in [7, 11) is 0. The third-order valence-corrected chi connectivity index (χ3v) is 4.29. The van der Waals surface area contributed by atoms with Crippen LogP contribution in [0.15, 0.2) is 79.0 Å². The number of para-hydroxylation sites is 1. The van der Waals surface area contributed by atoms with Crippen LogP contribution in [0, 0.1) is 0 Å². The van der Waals surface area contributed by atoms with Crippen LogP contribution in [0.5, 0.6) is 28.7 Å². The van der Waals surface area contributed by atoms with E-state index in [4.69, 9.17) is 14.2 Å². The molecule has 0 aliphatic carbocycles. The molecule has 4 heteroatoms. The minimum absolute atomic E-state index is 0.504. The van der Waals surface area contributed by atoms with Crippen molar-refractivity contribution in [2.45, 2.75) is 6.61 Å². The summed E-state index contributed by atoms with van der Waals surface area (Å²) in [6.45, 7) is 0.504. The lowest BCUT2D eigenvalue weighted by atomic mass is 10.2. The van der Waals surface area contributed by atoms with E-state index >= 15 is 0 Å². The smallest absolute Gasteiger partial charge is 0.189 e. The van der Waals surface area contributed by atoms with Crippen molar-refractivity contribution >= 4 is 10.9 Å². The minimum atomic E-state index is 0.504. The topological polar surface area (TPSA) is 40.6 Å². The molecule has 0 bridgehead atoms. The van der Waals surface area contributed by atoms with Gasteiger partial charge in [-0.1, -0.05) is 42.5 Å². The predicted molar refractivity (Wildman–Crippen MR) is 99.1 cm³/mol. The quantitative estimate of drug-likeness (QED) is 0.421. The van der Waals surface area contributed by atoms with Crippen LogP contribution in [-0.2, 0) is 6.61 Å². The molecule has 3 aromatic carbocycles. The van der Waals surface area contributed by atoms with Crippen LogP contribution in [0.25, 0.3) is 10.9 Å². The Hall–Kier alpha value is -3.53. The van der Waals surface area contributed by atoms with Gasteiger partial charge in [0, 0.05) is 11.5 Å². The number of hydrogen-bond acceptors (Lipinski definition) is 4. The summed E-state index contributed by atoms with van der Waals surface area (Å²) in [5.41, 5.74) is 1.99. The van der Waals surface area contributed by atoms with Crippen LogP contribution < -0.4 is 14.2 Å². The van der Waals surface area contributed by atoms with Crippen molar-refractivity contribution in [2.75, 3.05) is 0 Å². The average Bonchev–Trinajstić information content (AvgIpc) is 2.71. The highest BCUT2D eigenvalue weighted by Crippen LogP contribution is 2.48. The average molecular weight is 341 g/mol. The van der Waals surface area contributed by atoms with E-state index in [2.05, 4.69) is 4.98 Å². The Kier molecular flexibility index (Phi) is 3.46. The second-order valence-electron chi connectivity index (χ2n) is 6.06. The van der Waals surface area contributed by atoms with Crippen molar-refractivity contribution in [3.8, 4) is 28.7 Å². The lowest BCUT2D eigenvalue weighted by molar-refractivity contribution is 0.301.